The zero-order valence-corrected chi connectivity index (χ0v) is 16.5. The molecule has 2 aromatic heterocycles. The Kier molecular flexibility index (Phi) is 3.85. The van der Waals surface area contributed by atoms with E-state index in [1.54, 1.807) is 6.33 Å². The quantitative estimate of drug-likeness (QED) is 0.834. The molecule has 2 aliphatic heterocycles. The average Bonchev–Trinajstić information content (AvgIpc) is 3.31. The normalized spacial score (nSPS) is 25.1. The highest BCUT2D eigenvalue weighted by atomic mass is 15.3. The van der Waals surface area contributed by atoms with Gasteiger partial charge >= 0.3 is 0 Å². The van der Waals surface area contributed by atoms with Crippen molar-refractivity contribution in [2.24, 2.45) is 11.8 Å². The number of rotatable bonds is 3. The highest BCUT2D eigenvalue weighted by molar-refractivity contribution is 5.45. The Morgan fingerprint density at radius 1 is 0.852 bits per heavy atom. The van der Waals surface area contributed by atoms with Crippen molar-refractivity contribution in [1.29, 1.82) is 0 Å². The maximum absolute atomic E-state index is 4.55. The van der Waals surface area contributed by atoms with Gasteiger partial charge in [0.25, 0.3) is 0 Å². The second-order valence-electron chi connectivity index (χ2n) is 9.43. The molecule has 2 aromatic rings. The minimum atomic E-state index is 0.0460. The Balaban J connectivity index is 1.25. The smallest absolute Gasteiger partial charge is 0.151 e. The van der Waals surface area contributed by atoms with Crippen molar-refractivity contribution in [3.63, 3.8) is 0 Å². The zero-order chi connectivity index (χ0) is 18.6. The van der Waals surface area contributed by atoms with E-state index in [-0.39, 0.29) is 5.41 Å². The maximum Gasteiger partial charge on any atom is 0.151 e. The van der Waals surface area contributed by atoms with Crippen LogP contribution in [0, 0.1) is 11.8 Å². The van der Waals surface area contributed by atoms with Crippen LogP contribution in [0.15, 0.2) is 24.5 Å². The summed E-state index contributed by atoms with van der Waals surface area (Å²) in [7, 11) is 0. The summed E-state index contributed by atoms with van der Waals surface area (Å²) >= 11 is 0. The number of anilines is 2. The summed E-state index contributed by atoms with van der Waals surface area (Å²) in [6, 6.07) is 6.48. The van der Waals surface area contributed by atoms with Crippen LogP contribution in [-0.2, 0) is 5.41 Å². The minimum Gasteiger partial charge on any atom is -0.356 e. The van der Waals surface area contributed by atoms with E-state index in [1.807, 2.05) is 0 Å². The Bertz CT molecular complexity index is 809. The molecular formula is C21H28N6. The van der Waals surface area contributed by atoms with E-state index in [1.165, 1.54) is 18.5 Å². The number of fused-ring (bicyclic) bond motifs is 1. The van der Waals surface area contributed by atoms with Gasteiger partial charge in [-0.3, -0.25) is 0 Å². The molecule has 0 amide bonds. The number of nitrogens with zero attached hydrogens (tertiary/aromatic N) is 6. The van der Waals surface area contributed by atoms with Crippen molar-refractivity contribution < 1.29 is 0 Å². The van der Waals surface area contributed by atoms with Crippen LogP contribution in [0.2, 0.25) is 0 Å². The molecule has 2 unspecified atom stereocenters. The SMILES string of the molecule is CC(C)(C)c1ccc(N2CC3CN(c4cc(C5CC5)ncn4)CC3C2)nn1. The standard InChI is InChI=1S/C21H28N6/c1-21(2,3)18-6-7-19(25-24-18)26-9-15-11-27(12-16(15)10-26)20-8-17(14-4-5-14)22-13-23-20/h6-8,13-16H,4-5,9-12H2,1-3H3. The van der Waals surface area contributed by atoms with Gasteiger partial charge in [-0.15, -0.1) is 5.10 Å². The summed E-state index contributed by atoms with van der Waals surface area (Å²) in [6.07, 6.45) is 4.31. The molecule has 0 radical (unpaired) electrons. The molecule has 4 heterocycles. The van der Waals surface area contributed by atoms with Crippen LogP contribution in [-0.4, -0.2) is 46.3 Å². The van der Waals surface area contributed by atoms with Crippen LogP contribution < -0.4 is 9.80 Å². The molecule has 6 heteroatoms. The molecule has 2 saturated heterocycles. The van der Waals surface area contributed by atoms with Gasteiger partial charge in [0.2, 0.25) is 0 Å². The van der Waals surface area contributed by atoms with E-state index in [0.717, 1.165) is 43.5 Å². The molecular weight excluding hydrogens is 336 g/mol. The Labute approximate surface area is 161 Å². The molecule has 1 saturated carbocycles. The number of hydrogen-bond acceptors (Lipinski definition) is 6. The fraction of sp³-hybridized carbons (Fsp3) is 0.619. The lowest BCUT2D eigenvalue weighted by Crippen LogP contribution is -2.30. The number of aromatic nitrogens is 4. The lowest BCUT2D eigenvalue weighted by atomic mass is 9.92. The third-order valence-electron chi connectivity index (χ3n) is 6.22. The topological polar surface area (TPSA) is 58.0 Å². The van der Waals surface area contributed by atoms with Gasteiger partial charge < -0.3 is 9.80 Å². The predicted octanol–water partition coefficient (Wildman–Crippen LogP) is 3.01. The van der Waals surface area contributed by atoms with Gasteiger partial charge in [0.15, 0.2) is 5.82 Å². The fourth-order valence-electron chi connectivity index (χ4n) is 4.40. The van der Waals surface area contributed by atoms with Crippen LogP contribution in [0.4, 0.5) is 11.6 Å². The lowest BCUT2D eigenvalue weighted by Gasteiger charge is -2.23. The lowest BCUT2D eigenvalue weighted by molar-refractivity contribution is 0.533. The van der Waals surface area contributed by atoms with Gasteiger partial charge in [0.05, 0.1) is 5.69 Å². The van der Waals surface area contributed by atoms with E-state index in [9.17, 15) is 0 Å². The van der Waals surface area contributed by atoms with Crippen molar-refractivity contribution in [3.05, 3.63) is 35.9 Å². The first-order valence-corrected chi connectivity index (χ1v) is 10.1. The van der Waals surface area contributed by atoms with Crippen molar-refractivity contribution in [1.82, 2.24) is 20.2 Å². The molecule has 1 aliphatic carbocycles. The first-order valence-electron chi connectivity index (χ1n) is 10.1. The molecule has 0 spiro atoms. The second kappa shape index (κ2) is 6.14. The first kappa shape index (κ1) is 16.9. The van der Waals surface area contributed by atoms with Crippen LogP contribution in [0.25, 0.3) is 0 Å². The van der Waals surface area contributed by atoms with Crippen molar-refractivity contribution in [2.45, 2.75) is 44.9 Å². The first-order chi connectivity index (χ1) is 13.0. The van der Waals surface area contributed by atoms with Crippen molar-refractivity contribution in [3.8, 4) is 0 Å². The molecule has 5 rings (SSSR count). The Morgan fingerprint density at radius 3 is 2.07 bits per heavy atom. The van der Waals surface area contributed by atoms with Gasteiger partial charge in [-0.05, 0) is 25.0 Å². The molecule has 3 fully saturated rings. The van der Waals surface area contributed by atoms with Gasteiger partial charge in [0.1, 0.15) is 12.1 Å². The summed E-state index contributed by atoms with van der Waals surface area (Å²) in [4.78, 5) is 13.9. The second-order valence-corrected chi connectivity index (χ2v) is 9.43. The van der Waals surface area contributed by atoms with Crippen molar-refractivity contribution in [2.75, 3.05) is 36.0 Å². The summed E-state index contributed by atoms with van der Waals surface area (Å²) < 4.78 is 0. The van der Waals surface area contributed by atoms with E-state index in [4.69, 9.17) is 0 Å². The summed E-state index contributed by atoms with van der Waals surface area (Å²) in [5.41, 5.74) is 2.32. The molecule has 2 atom stereocenters. The summed E-state index contributed by atoms with van der Waals surface area (Å²) in [5.74, 6) is 4.16. The van der Waals surface area contributed by atoms with Crippen LogP contribution in [0.5, 0.6) is 0 Å². The maximum atomic E-state index is 4.55. The minimum absolute atomic E-state index is 0.0460. The summed E-state index contributed by atoms with van der Waals surface area (Å²) in [5, 5.41) is 8.98. The molecule has 0 bridgehead atoms. The molecule has 3 aliphatic rings. The molecule has 6 nitrogen and oxygen atoms in total. The van der Waals surface area contributed by atoms with Crippen LogP contribution >= 0.6 is 0 Å². The zero-order valence-electron chi connectivity index (χ0n) is 16.5. The largest absolute Gasteiger partial charge is 0.356 e. The molecule has 27 heavy (non-hydrogen) atoms. The summed E-state index contributed by atoms with van der Waals surface area (Å²) in [6.45, 7) is 10.8. The van der Waals surface area contributed by atoms with Crippen LogP contribution in [0.3, 0.4) is 0 Å². The van der Waals surface area contributed by atoms with E-state index in [2.05, 4.69) is 68.9 Å². The van der Waals surface area contributed by atoms with Crippen molar-refractivity contribution >= 4 is 11.6 Å². The molecule has 0 aromatic carbocycles. The monoisotopic (exact) mass is 364 g/mol. The Morgan fingerprint density at radius 2 is 1.52 bits per heavy atom. The van der Waals surface area contributed by atoms with Gasteiger partial charge in [-0.2, -0.15) is 5.10 Å². The molecule has 0 N–H and O–H groups in total. The van der Waals surface area contributed by atoms with Crippen LogP contribution in [0.1, 0.15) is 50.9 Å². The average molecular weight is 364 g/mol. The van der Waals surface area contributed by atoms with E-state index >= 15 is 0 Å². The van der Waals surface area contributed by atoms with E-state index in [0.29, 0.717) is 17.8 Å². The highest BCUT2D eigenvalue weighted by Gasteiger charge is 2.41. The van der Waals surface area contributed by atoms with Gasteiger partial charge in [-0.1, -0.05) is 20.8 Å². The van der Waals surface area contributed by atoms with Gasteiger partial charge in [-0.25, -0.2) is 9.97 Å². The van der Waals surface area contributed by atoms with Gasteiger partial charge in [0, 0.05) is 61.1 Å². The van der Waals surface area contributed by atoms with E-state index < -0.39 is 0 Å². The predicted molar refractivity (Wildman–Crippen MR) is 106 cm³/mol. The number of hydrogen-bond donors (Lipinski definition) is 0. The third kappa shape index (κ3) is 3.26. The Hall–Kier alpha value is -2.24. The fourth-order valence-corrected chi connectivity index (χ4v) is 4.40. The molecule has 142 valence electrons. The highest BCUT2D eigenvalue weighted by Crippen LogP contribution is 2.40. The third-order valence-corrected chi connectivity index (χ3v) is 6.22.